The third-order valence-electron chi connectivity index (χ3n) is 2.50. The van der Waals surface area contributed by atoms with E-state index in [1.165, 1.54) is 0 Å². The van der Waals surface area contributed by atoms with Crippen molar-refractivity contribution in [1.82, 2.24) is 5.32 Å². The molecule has 2 unspecified atom stereocenters. The van der Waals surface area contributed by atoms with Gasteiger partial charge >= 0.3 is 5.97 Å². The van der Waals surface area contributed by atoms with Crippen molar-refractivity contribution in [2.75, 3.05) is 0 Å². The lowest BCUT2D eigenvalue weighted by molar-refractivity contribution is -0.127. The van der Waals surface area contributed by atoms with E-state index >= 15 is 0 Å². The third-order valence-corrected chi connectivity index (χ3v) is 3.38. The van der Waals surface area contributed by atoms with Crippen molar-refractivity contribution >= 4 is 23.2 Å². The van der Waals surface area contributed by atoms with Gasteiger partial charge in [0, 0.05) is 6.04 Å². The van der Waals surface area contributed by atoms with Gasteiger partial charge in [-0.1, -0.05) is 6.92 Å². The molecule has 2 atom stereocenters. The number of thiophene rings is 1. The highest BCUT2D eigenvalue weighted by atomic mass is 32.1. The van der Waals surface area contributed by atoms with Crippen LogP contribution in [-0.2, 0) is 4.79 Å². The van der Waals surface area contributed by atoms with Gasteiger partial charge in [0.15, 0.2) is 11.0 Å². The summed E-state index contributed by atoms with van der Waals surface area (Å²) in [5.41, 5.74) is 0. The highest BCUT2D eigenvalue weighted by Crippen LogP contribution is 2.25. The Morgan fingerprint density at radius 1 is 1.50 bits per heavy atom. The molecule has 0 bridgehead atoms. The number of amides is 1. The number of rotatable bonds is 6. The number of hydrogen-bond donors (Lipinski definition) is 2. The average molecular weight is 271 g/mol. The standard InChI is InChI=1S/C12H17NO4S/c1-4-7(2)13-11(14)8(3)17-9-5-6-18-10(9)12(15)16/h5-8H,4H2,1-3H3,(H,13,14)(H,15,16). The van der Waals surface area contributed by atoms with E-state index in [0.717, 1.165) is 17.8 Å². The smallest absolute Gasteiger partial charge is 0.349 e. The van der Waals surface area contributed by atoms with Crippen molar-refractivity contribution in [3.63, 3.8) is 0 Å². The summed E-state index contributed by atoms with van der Waals surface area (Å²) in [6, 6.07) is 1.63. The van der Waals surface area contributed by atoms with E-state index in [4.69, 9.17) is 9.84 Å². The zero-order valence-electron chi connectivity index (χ0n) is 10.6. The van der Waals surface area contributed by atoms with Gasteiger partial charge in [-0.2, -0.15) is 0 Å². The number of carboxylic acids is 1. The average Bonchev–Trinajstić information content (AvgIpc) is 2.76. The number of carbonyl (C=O) groups excluding carboxylic acids is 1. The van der Waals surface area contributed by atoms with Crippen LogP contribution in [0.1, 0.15) is 36.9 Å². The molecule has 0 radical (unpaired) electrons. The van der Waals surface area contributed by atoms with Crippen molar-refractivity contribution in [3.8, 4) is 5.75 Å². The van der Waals surface area contributed by atoms with Gasteiger partial charge in [-0.25, -0.2) is 4.79 Å². The SMILES string of the molecule is CCC(C)NC(=O)C(C)Oc1ccsc1C(=O)O. The van der Waals surface area contributed by atoms with Gasteiger partial charge in [0.05, 0.1) is 0 Å². The molecule has 100 valence electrons. The van der Waals surface area contributed by atoms with Crippen LogP contribution >= 0.6 is 11.3 Å². The Morgan fingerprint density at radius 2 is 2.17 bits per heavy atom. The number of aromatic carboxylic acids is 1. The molecule has 0 saturated heterocycles. The molecular formula is C12H17NO4S. The van der Waals surface area contributed by atoms with Crippen LogP contribution < -0.4 is 10.1 Å². The third kappa shape index (κ3) is 3.73. The molecule has 1 aromatic rings. The fraction of sp³-hybridized carbons (Fsp3) is 0.500. The summed E-state index contributed by atoms with van der Waals surface area (Å²) in [6.45, 7) is 5.47. The van der Waals surface area contributed by atoms with Crippen LogP contribution in [0.25, 0.3) is 0 Å². The first-order valence-corrected chi connectivity index (χ1v) is 6.61. The van der Waals surface area contributed by atoms with Crippen molar-refractivity contribution in [1.29, 1.82) is 0 Å². The topological polar surface area (TPSA) is 75.6 Å². The lowest BCUT2D eigenvalue weighted by Crippen LogP contribution is -2.41. The van der Waals surface area contributed by atoms with Gasteiger partial charge in [-0.15, -0.1) is 11.3 Å². The Balaban J connectivity index is 2.64. The molecule has 1 heterocycles. The van der Waals surface area contributed by atoms with E-state index in [1.807, 2.05) is 13.8 Å². The monoisotopic (exact) mass is 271 g/mol. The molecule has 0 aliphatic rings. The minimum atomic E-state index is -1.05. The number of ether oxygens (including phenoxy) is 1. The Morgan fingerprint density at radius 3 is 2.72 bits per heavy atom. The van der Waals surface area contributed by atoms with Crippen LogP contribution in [0.5, 0.6) is 5.75 Å². The van der Waals surface area contributed by atoms with Crippen LogP contribution in [0.15, 0.2) is 11.4 Å². The highest BCUT2D eigenvalue weighted by molar-refractivity contribution is 7.12. The Kier molecular flexibility index (Phi) is 5.15. The number of hydrogen-bond acceptors (Lipinski definition) is 4. The van der Waals surface area contributed by atoms with Crippen LogP contribution in [0, 0.1) is 0 Å². The quantitative estimate of drug-likeness (QED) is 0.831. The van der Waals surface area contributed by atoms with Crippen LogP contribution in [0.3, 0.4) is 0 Å². The molecular weight excluding hydrogens is 254 g/mol. The van der Waals surface area contributed by atoms with E-state index < -0.39 is 12.1 Å². The fourth-order valence-electron chi connectivity index (χ4n) is 1.25. The molecule has 0 saturated carbocycles. The van der Waals surface area contributed by atoms with Crippen LogP contribution in [-0.4, -0.2) is 29.1 Å². The highest BCUT2D eigenvalue weighted by Gasteiger charge is 2.20. The maximum atomic E-state index is 11.7. The maximum absolute atomic E-state index is 11.7. The minimum Gasteiger partial charge on any atom is -0.479 e. The van der Waals surface area contributed by atoms with Gasteiger partial charge in [0.1, 0.15) is 5.75 Å². The molecule has 1 amide bonds. The molecule has 1 aromatic heterocycles. The summed E-state index contributed by atoms with van der Waals surface area (Å²) in [7, 11) is 0. The van der Waals surface area contributed by atoms with Crippen molar-refractivity contribution in [2.45, 2.75) is 39.3 Å². The predicted molar refractivity (Wildman–Crippen MR) is 69.3 cm³/mol. The van der Waals surface area contributed by atoms with Gasteiger partial charge in [0.2, 0.25) is 0 Å². The van der Waals surface area contributed by atoms with E-state index in [1.54, 1.807) is 18.4 Å². The van der Waals surface area contributed by atoms with E-state index in [2.05, 4.69) is 5.32 Å². The molecule has 0 aromatic carbocycles. The lowest BCUT2D eigenvalue weighted by atomic mass is 10.2. The summed E-state index contributed by atoms with van der Waals surface area (Å²) in [5, 5.41) is 13.3. The summed E-state index contributed by atoms with van der Waals surface area (Å²) >= 11 is 1.07. The summed E-state index contributed by atoms with van der Waals surface area (Å²) in [4.78, 5) is 22.7. The zero-order valence-corrected chi connectivity index (χ0v) is 11.4. The largest absolute Gasteiger partial charge is 0.479 e. The Bertz CT molecular complexity index is 429. The van der Waals surface area contributed by atoms with Crippen molar-refractivity contribution in [3.05, 3.63) is 16.3 Å². The number of carboxylic acid groups (broad SMARTS) is 1. The molecule has 0 aliphatic carbocycles. The molecule has 2 N–H and O–H groups in total. The van der Waals surface area contributed by atoms with E-state index in [9.17, 15) is 9.59 Å². The first-order chi connectivity index (χ1) is 8.45. The molecule has 18 heavy (non-hydrogen) atoms. The second-order valence-electron chi connectivity index (χ2n) is 4.00. The first-order valence-electron chi connectivity index (χ1n) is 5.73. The second kappa shape index (κ2) is 6.39. The first kappa shape index (κ1) is 14.5. The van der Waals surface area contributed by atoms with Crippen molar-refractivity contribution < 1.29 is 19.4 Å². The van der Waals surface area contributed by atoms with Gasteiger partial charge < -0.3 is 15.2 Å². The van der Waals surface area contributed by atoms with Crippen LogP contribution in [0.2, 0.25) is 0 Å². The van der Waals surface area contributed by atoms with E-state index in [-0.39, 0.29) is 22.6 Å². The lowest BCUT2D eigenvalue weighted by Gasteiger charge is -2.17. The zero-order chi connectivity index (χ0) is 13.7. The second-order valence-corrected chi connectivity index (χ2v) is 4.91. The van der Waals surface area contributed by atoms with Gasteiger partial charge in [-0.05, 0) is 31.7 Å². The minimum absolute atomic E-state index is 0.0740. The predicted octanol–water partition coefficient (Wildman–Crippen LogP) is 2.13. The molecule has 0 fully saturated rings. The number of nitrogens with one attached hydrogen (secondary N) is 1. The molecule has 6 heteroatoms. The molecule has 1 rings (SSSR count). The van der Waals surface area contributed by atoms with Crippen molar-refractivity contribution in [2.24, 2.45) is 0 Å². The fourth-order valence-corrected chi connectivity index (χ4v) is 1.91. The normalized spacial score (nSPS) is 13.7. The molecule has 0 spiro atoms. The van der Waals surface area contributed by atoms with Crippen LogP contribution in [0.4, 0.5) is 0 Å². The summed E-state index contributed by atoms with van der Waals surface area (Å²) in [6.07, 6.45) is 0.115. The maximum Gasteiger partial charge on any atom is 0.349 e. The number of carbonyl (C=O) groups is 2. The van der Waals surface area contributed by atoms with E-state index in [0.29, 0.717) is 0 Å². The Hall–Kier alpha value is -1.56. The molecule has 5 nitrogen and oxygen atoms in total. The summed E-state index contributed by atoms with van der Waals surface area (Å²) < 4.78 is 5.37. The van der Waals surface area contributed by atoms with Gasteiger partial charge in [0.25, 0.3) is 5.91 Å². The summed E-state index contributed by atoms with van der Waals surface area (Å²) in [5.74, 6) is -1.05. The Labute approximate surface area is 110 Å². The molecule has 0 aliphatic heterocycles. The van der Waals surface area contributed by atoms with Gasteiger partial charge in [-0.3, -0.25) is 4.79 Å².